The fourth-order valence-corrected chi connectivity index (χ4v) is 2.91. The third kappa shape index (κ3) is 3.51. The molecule has 5 heteroatoms. The predicted molar refractivity (Wildman–Crippen MR) is 98.6 cm³/mol. The van der Waals surface area contributed by atoms with Gasteiger partial charge >= 0.3 is 0 Å². The lowest BCUT2D eigenvalue weighted by atomic mass is 10.1. The van der Waals surface area contributed by atoms with Crippen LogP contribution in [-0.4, -0.2) is 30.8 Å². The number of hydrogen-bond donors (Lipinski definition) is 3. The highest BCUT2D eigenvalue weighted by Gasteiger charge is 2.25. The van der Waals surface area contributed by atoms with Gasteiger partial charge in [-0.3, -0.25) is 4.79 Å². The molecule has 1 amide bonds. The van der Waals surface area contributed by atoms with Gasteiger partial charge in [0.15, 0.2) is 0 Å². The molecule has 0 fully saturated rings. The Bertz CT molecular complexity index is 704. The van der Waals surface area contributed by atoms with Crippen molar-refractivity contribution in [3.63, 3.8) is 0 Å². The van der Waals surface area contributed by atoms with Gasteiger partial charge in [0.05, 0.1) is 0 Å². The van der Waals surface area contributed by atoms with E-state index in [9.17, 15) is 4.79 Å². The maximum absolute atomic E-state index is 12.8. The standard InChI is InChI=1S/C18H21N3OS/c19-15(12-23)11-20-16-6-3-5-14(10-16)18(22)21-9-8-13-4-1-2-7-17(13)21/h1-7,10,15,20,23H,8-9,11-12,19H2. The summed E-state index contributed by atoms with van der Waals surface area (Å²) in [5.41, 5.74) is 9.70. The number of nitrogens with one attached hydrogen (secondary N) is 1. The van der Waals surface area contributed by atoms with Crippen molar-refractivity contribution < 1.29 is 4.79 Å². The van der Waals surface area contributed by atoms with Gasteiger partial charge in [-0.25, -0.2) is 0 Å². The van der Waals surface area contributed by atoms with Crippen LogP contribution in [0.5, 0.6) is 0 Å². The topological polar surface area (TPSA) is 58.4 Å². The number of para-hydroxylation sites is 1. The number of nitrogens with zero attached hydrogens (tertiary/aromatic N) is 1. The maximum atomic E-state index is 12.8. The number of rotatable bonds is 5. The lowest BCUT2D eigenvalue weighted by molar-refractivity contribution is 0.0989. The zero-order chi connectivity index (χ0) is 16.2. The molecule has 0 aliphatic carbocycles. The van der Waals surface area contributed by atoms with E-state index in [2.05, 4.69) is 24.0 Å². The Balaban J connectivity index is 1.76. The molecule has 0 radical (unpaired) electrons. The van der Waals surface area contributed by atoms with Crippen molar-refractivity contribution in [2.75, 3.05) is 29.1 Å². The van der Waals surface area contributed by atoms with Crippen LogP contribution < -0.4 is 16.0 Å². The second-order valence-electron chi connectivity index (χ2n) is 5.74. The number of amides is 1. The summed E-state index contributed by atoms with van der Waals surface area (Å²) in [6.07, 6.45) is 0.913. The van der Waals surface area contributed by atoms with Gasteiger partial charge in [0, 0.05) is 41.8 Å². The normalized spacial score (nSPS) is 14.4. The minimum atomic E-state index is -0.0110. The largest absolute Gasteiger partial charge is 0.383 e. The first-order valence-corrected chi connectivity index (χ1v) is 8.42. The second kappa shape index (κ2) is 7.06. The van der Waals surface area contributed by atoms with E-state index < -0.39 is 0 Å². The van der Waals surface area contributed by atoms with Gasteiger partial charge in [-0.1, -0.05) is 24.3 Å². The maximum Gasteiger partial charge on any atom is 0.258 e. The van der Waals surface area contributed by atoms with Gasteiger partial charge in [-0.15, -0.1) is 0 Å². The molecule has 2 aromatic carbocycles. The molecule has 1 aliphatic rings. The summed E-state index contributed by atoms with van der Waals surface area (Å²) < 4.78 is 0. The zero-order valence-corrected chi connectivity index (χ0v) is 13.8. The number of nitrogens with two attached hydrogens (primary N) is 1. The molecule has 3 N–H and O–H groups in total. The smallest absolute Gasteiger partial charge is 0.258 e. The first-order chi connectivity index (χ1) is 11.2. The van der Waals surface area contributed by atoms with Crippen LogP contribution in [0, 0.1) is 0 Å². The third-order valence-corrected chi connectivity index (χ3v) is 4.51. The van der Waals surface area contributed by atoms with E-state index >= 15 is 0 Å². The minimum Gasteiger partial charge on any atom is -0.383 e. The molecule has 4 nitrogen and oxygen atoms in total. The van der Waals surface area contributed by atoms with Crippen LogP contribution >= 0.6 is 12.6 Å². The molecule has 1 atom stereocenters. The van der Waals surface area contributed by atoms with Crippen molar-refractivity contribution in [1.29, 1.82) is 0 Å². The molecule has 1 unspecified atom stereocenters. The zero-order valence-electron chi connectivity index (χ0n) is 12.9. The Morgan fingerprint density at radius 3 is 2.91 bits per heavy atom. The fourth-order valence-electron chi connectivity index (χ4n) is 2.78. The van der Waals surface area contributed by atoms with Gasteiger partial charge in [0.25, 0.3) is 5.91 Å². The number of anilines is 2. The van der Waals surface area contributed by atoms with Crippen LogP contribution in [0.4, 0.5) is 11.4 Å². The molecule has 23 heavy (non-hydrogen) atoms. The van der Waals surface area contributed by atoms with Crippen LogP contribution in [0.15, 0.2) is 48.5 Å². The summed E-state index contributed by atoms with van der Waals surface area (Å²) in [5.74, 6) is 0.660. The fraction of sp³-hybridized carbons (Fsp3) is 0.278. The van der Waals surface area contributed by atoms with Crippen LogP contribution in [0.2, 0.25) is 0 Å². The third-order valence-electron chi connectivity index (χ3n) is 4.04. The van der Waals surface area contributed by atoms with E-state index in [0.717, 1.165) is 24.3 Å². The quantitative estimate of drug-likeness (QED) is 0.740. The van der Waals surface area contributed by atoms with Crippen molar-refractivity contribution in [3.05, 3.63) is 59.7 Å². The van der Waals surface area contributed by atoms with E-state index in [0.29, 0.717) is 17.9 Å². The van der Waals surface area contributed by atoms with Gasteiger partial charge < -0.3 is 16.0 Å². The molecule has 2 aromatic rings. The van der Waals surface area contributed by atoms with Gasteiger partial charge in [0.1, 0.15) is 0 Å². The van der Waals surface area contributed by atoms with E-state index in [4.69, 9.17) is 5.73 Å². The van der Waals surface area contributed by atoms with E-state index in [1.807, 2.05) is 47.4 Å². The molecular formula is C18H21N3OS. The van der Waals surface area contributed by atoms with E-state index in [1.54, 1.807) is 0 Å². The lowest BCUT2D eigenvalue weighted by Gasteiger charge is -2.18. The highest BCUT2D eigenvalue weighted by atomic mass is 32.1. The summed E-state index contributed by atoms with van der Waals surface area (Å²) in [4.78, 5) is 14.7. The molecular weight excluding hydrogens is 306 g/mol. The molecule has 0 aromatic heterocycles. The number of hydrogen-bond acceptors (Lipinski definition) is 4. The molecule has 0 spiro atoms. The Morgan fingerprint density at radius 1 is 1.26 bits per heavy atom. The molecule has 0 bridgehead atoms. The minimum absolute atomic E-state index is 0.0110. The highest BCUT2D eigenvalue weighted by Crippen LogP contribution is 2.29. The predicted octanol–water partition coefficient (Wildman–Crippen LogP) is 2.56. The Hall–Kier alpha value is -1.98. The van der Waals surface area contributed by atoms with Crippen LogP contribution in [-0.2, 0) is 6.42 Å². The summed E-state index contributed by atoms with van der Waals surface area (Å²) in [6, 6.07) is 15.6. The van der Waals surface area contributed by atoms with E-state index in [1.165, 1.54) is 5.56 Å². The number of fused-ring (bicyclic) bond motifs is 1. The second-order valence-corrected chi connectivity index (χ2v) is 6.11. The Morgan fingerprint density at radius 2 is 2.09 bits per heavy atom. The van der Waals surface area contributed by atoms with Crippen molar-refractivity contribution >= 4 is 29.9 Å². The highest BCUT2D eigenvalue weighted by molar-refractivity contribution is 7.80. The van der Waals surface area contributed by atoms with Crippen LogP contribution in [0.25, 0.3) is 0 Å². The molecule has 1 heterocycles. The average molecular weight is 327 g/mol. The lowest BCUT2D eigenvalue weighted by Crippen LogP contribution is -2.31. The van der Waals surface area contributed by atoms with Crippen LogP contribution in [0.3, 0.4) is 0 Å². The molecule has 120 valence electrons. The molecule has 3 rings (SSSR count). The number of carbonyl (C=O) groups is 1. The van der Waals surface area contributed by atoms with Crippen molar-refractivity contribution in [2.45, 2.75) is 12.5 Å². The van der Waals surface area contributed by atoms with Crippen molar-refractivity contribution in [2.24, 2.45) is 5.73 Å². The number of carbonyl (C=O) groups excluding carboxylic acids is 1. The Labute approximate surface area is 142 Å². The van der Waals surface area contributed by atoms with Crippen molar-refractivity contribution in [1.82, 2.24) is 0 Å². The van der Waals surface area contributed by atoms with Crippen molar-refractivity contribution in [3.8, 4) is 0 Å². The first kappa shape index (κ1) is 15.9. The Kier molecular flexibility index (Phi) is 4.88. The summed E-state index contributed by atoms with van der Waals surface area (Å²) in [6.45, 7) is 1.37. The molecule has 1 aliphatic heterocycles. The molecule has 0 saturated carbocycles. The van der Waals surface area contributed by atoms with Gasteiger partial charge in [-0.2, -0.15) is 12.6 Å². The first-order valence-electron chi connectivity index (χ1n) is 7.79. The number of benzene rings is 2. The summed E-state index contributed by atoms with van der Waals surface area (Å²) in [5, 5.41) is 3.26. The molecule has 0 saturated heterocycles. The summed E-state index contributed by atoms with van der Waals surface area (Å²) >= 11 is 4.17. The SMILES string of the molecule is NC(CS)CNc1cccc(C(=O)N2CCc3ccccc32)c1. The average Bonchev–Trinajstić information content (AvgIpc) is 3.03. The van der Waals surface area contributed by atoms with Gasteiger partial charge in [0.2, 0.25) is 0 Å². The van der Waals surface area contributed by atoms with Crippen LogP contribution in [0.1, 0.15) is 15.9 Å². The number of thiol groups is 1. The van der Waals surface area contributed by atoms with Gasteiger partial charge in [-0.05, 0) is 36.2 Å². The summed E-state index contributed by atoms with van der Waals surface area (Å²) in [7, 11) is 0. The van der Waals surface area contributed by atoms with E-state index in [-0.39, 0.29) is 11.9 Å². The monoisotopic (exact) mass is 327 g/mol.